The van der Waals surface area contributed by atoms with E-state index in [0.717, 1.165) is 22.3 Å². The summed E-state index contributed by atoms with van der Waals surface area (Å²) in [5, 5.41) is 3.34. The Labute approximate surface area is 218 Å². The zero-order valence-corrected chi connectivity index (χ0v) is 22.1. The molecule has 7 nitrogen and oxygen atoms in total. The van der Waals surface area contributed by atoms with Gasteiger partial charge in [0.15, 0.2) is 0 Å². The van der Waals surface area contributed by atoms with Crippen LogP contribution in [0.4, 0.5) is 11.6 Å². The molecule has 0 fully saturated rings. The molecule has 1 atom stereocenters. The molecule has 1 aliphatic heterocycles. The van der Waals surface area contributed by atoms with Crippen molar-refractivity contribution in [1.82, 2.24) is 9.97 Å². The number of aryl methyl sites for hydroxylation is 2. The highest BCUT2D eigenvalue weighted by Gasteiger charge is 2.22. The molecule has 2 heterocycles. The predicted molar refractivity (Wildman–Crippen MR) is 147 cm³/mol. The van der Waals surface area contributed by atoms with Gasteiger partial charge in [-0.2, -0.15) is 4.98 Å². The van der Waals surface area contributed by atoms with Crippen LogP contribution < -0.4 is 14.8 Å². The van der Waals surface area contributed by atoms with Gasteiger partial charge in [0.2, 0.25) is 11.8 Å². The lowest BCUT2D eigenvalue weighted by Gasteiger charge is -2.23. The maximum atomic E-state index is 13.2. The quantitative estimate of drug-likeness (QED) is 0.337. The van der Waals surface area contributed by atoms with Crippen molar-refractivity contribution in [3.05, 3.63) is 95.1 Å². The van der Waals surface area contributed by atoms with Gasteiger partial charge in [-0.1, -0.05) is 62.4 Å². The fourth-order valence-corrected chi connectivity index (χ4v) is 5.50. The number of fused-ring (bicyclic) bond motifs is 4. The summed E-state index contributed by atoms with van der Waals surface area (Å²) < 4.78 is 35.4. The molecule has 0 saturated carbocycles. The number of nitrogens with zero attached hydrogens (tertiary/aromatic N) is 2. The molecule has 4 aromatic rings. The van der Waals surface area contributed by atoms with Gasteiger partial charge in [-0.05, 0) is 60.2 Å². The van der Waals surface area contributed by atoms with Gasteiger partial charge < -0.3 is 10.1 Å². The topological polar surface area (TPSA) is 93.2 Å². The summed E-state index contributed by atoms with van der Waals surface area (Å²) in [7, 11) is -3.92. The van der Waals surface area contributed by atoms with Crippen LogP contribution in [0, 0.1) is 13.8 Å². The van der Waals surface area contributed by atoms with Gasteiger partial charge in [-0.3, -0.25) is 0 Å². The summed E-state index contributed by atoms with van der Waals surface area (Å²) in [6.07, 6.45) is -0.380. The first kappa shape index (κ1) is 24.8. The molecule has 190 valence electrons. The summed E-state index contributed by atoms with van der Waals surface area (Å²) in [6, 6.07) is 22.8. The highest BCUT2D eigenvalue weighted by atomic mass is 32.2. The molecule has 4 bridgehead atoms. The van der Waals surface area contributed by atoms with E-state index in [1.807, 2.05) is 38.1 Å². The van der Waals surface area contributed by atoms with Crippen molar-refractivity contribution in [2.75, 3.05) is 16.6 Å². The first-order valence-electron chi connectivity index (χ1n) is 12.3. The van der Waals surface area contributed by atoms with Crippen molar-refractivity contribution in [3.8, 4) is 17.1 Å². The number of rotatable bonds is 3. The van der Waals surface area contributed by atoms with Gasteiger partial charge in [0.25, 0.3) is 10.0 Å². The summed E-state index contributed by atoms with van der Waals surface area (Å²) in [5.74, 6) is 0.668. The summed E-state index contributed by atoms with van der Waals surface area (Å²) >= 11 is 0. The normalized spacial score (nSPS) is 16.5. The van der Waals surface area contributed by atoms with Crippen LogP contribution >= 0.6 is 0 Å². The number of anilines is 2. The van der Waals surface area contributed by atoms with Crippen molar-refractivity contribution in [2.24, 2.45) is 0 Å². The molecule has 1 aromatic heterocycles. The smallest absolute Gasteiger partial charge is 0.264 e. The Hall–Kier alpha value is -3.91. The minimum atomic E-state index is -3.92. The van der Waals surface area contributed by atoms with Crippen LogP contribution in [0.2, 0.25) is 0 Å². The van der Waals surface area contributed by atoms with Crippen LogP contribution in [0.3, 0.4) is 0 Å². The Morgan fingerprint density at radius 3 is 2.32 bits per heavy atom. The lowest BCUT2D eigenvalue weighted by Crippen LogP contribution is -2.21. The number of hydrogen-bond acceptors (Lipinski definition) is 6. The first-order chi connectivity index (χ1) is 17.7. The van der Waals surface area contributed by atoms with Crippen LogP contribution in [0.25, 0.3) is 11.3 Å². The molecular formula is C29H30N4O3S. The fourth-order valence-electron chi connectivity index (χ4n) is 4.51. The number of benzene rings is 3. The lowest BCUT2D eigenvalue weighted by atomic mass is 9.99. The Bertz CT molecular complexity index is 1530. The second kappa shape index (κ2) is 9.86. The zero-order valence-electron chi connectivity index (χ0n) is 21.3. The largest absolute Gasteiger partial charge is 0.467 e. The third kappa shape index (κ3) is 5.29. The molecule has 1 unspecified atom stereocenters. The van der Waals surface area contributed by atoms with Gasteiger partial charge >= 0.3 is 0 Å². The maximum absolute atomic E-state index is 13.2. The average molecular weight is 515 g/mol. The highest BCUT2D eigenvalue weighted by molar-refractivity contribution is 7.92. The van der Waals surface area contributed by atoms with Gasteiger partial charge in [-0.15, -0.1) is 0 Å². The zero-order chi connectivity index (χ0) is 26.2. The standard InChI is InChI=1S/C29H30N4O3S/c1-18(2)21-11-13-22(14-12-21)26-17-30-23-9-6-10-24(15-23)37(34,35)33-29-31-25(16-27(32-29)36-26)28-19(3)7-5-8-20(28)4/h5-16,18,26,30H,17H2,1-4H3,(H,31,32,33). The summed E-state index contributed by atoms with van der Waals surface area (Å²) in [4.78, 5) is 9.17. The van der Waals surface area contributed by atoms with Crippen molar-refractivity contribution in [1.29, 1.82) is 0 Å². The third-order valence-corrected chi connectivity index (χ3v) is 7.87. The Morgan fingerprint density at radius 2 is 1.62 bits per heavy atom. The molecule has 37 heavy (non-hydrogen) atoms. The molecule has 0 saturated heterocycles. The lowest BCUT2D eigenvalue weighted by molar-refractivity contribution is 0.210. The molecule has 5 rings (SSSR count). The van der Waals surface area contributed by atoms with Crippen LogP contribution in [-0.2, 0) is 10.0 Å². The predicted octanol–water partition coefficient (Wildman–Crippen LogP) is 6.23. The number of ether oxygens (including phenoxy) is 1. The molecule has 0 spiro atoms. The van der Waals surface area contributed by atoms with E-state index in [9.17, 15) is 8.42 Å². The Balaban J connectivity index is 1.65. The van der Waals surface area contributed by atoms with E-state index >= 15 is 0 Å². The number of sulfonamides is 1. The van der Waals surface area contributed by atoms with Gasteiger partial charge in [0, 0.05) is 17.3 Å². The van der Waals surface area contributed by atoms with Crippen molar-refractivity contribution in [3.63, 3.8) is 0 Å². The molecule has 8 heteroatoms. The SMILES string of the molecule is Cc1cccc(C)c1-c1cc2nc(n1)NS(=O)(=O)c1cccc(c1)NCC(c1ccc(C(C)C)cc1)O2. The molecule has 3 aromatic carbocycles. The molecular weight excluding hydrogens is 484 g/mol. The Morgan fingerprint density at radius 1 is 0.919 bits per heavy atom. The van der Waals surface area contributed by atoms with E-state index in [0.29, 0.717) is 23.8 Å². The molecule has 0 amide bonds. The van der Waals surface area contributed by atoms with Crippen LogP contribution in [0.5, 0.6) is 5.88 Å². The minimum absolute atomic E-state index is 0.0389. The van der Waals surface area contributed by atoms with E-state index in [1.165, 1.54) is 5.56 Å². The van der Waals surface area contributed by atoms with Crippen LogP contribution in [-0.4, -0.2) is 24.9 Å². The molecule has 1 aliphatic rings. The second-order valence-corrected chi connectivity index (χ2v) is 11.3. The molecule has 0 radical (unpaired) electrons. The first-order valence-corrected chi connectivity index (χ1v) is 13.8. The van der Waals surface area contributed by atoms with Crippen LogP contribution in [0.1, 0.15) is 48.1 Å². The number of nitrogens with one attached hydrogen (secondary N) is 2. The maximum Gasteiger partial charge on any atom is 0.264 e. The van der Waals surface area contributed by atoms with Crippen molar-refractivity contribution < 1.29 is 13.2 Å². The number of aromatic nitrogens is 2. The van der Waals surface area contributed by atoms with E-state index in [4.69, 9.17) is 4.74 Å². The van der Waals surface area contributed by atoms with E-state index < -0.39 is 10.0 Å². The minimum Gasteiger partial charge on any atom is -0.467 e. The molecule has 0 aliphatic carbocycles. The van der Waals surface area contributed by atoms with Gasteiger partial charge in [0.05, 0.1) is 17.1 Å². The number of hydrogen-bond donors (Lipinski definition) is 2. The second-order valence-electron chi connectivity index (χ2n) is 9.62. The third-order valence-electron chi connectivity index (χ3n) is 6.54. The summed E-state index contributed by atoms with van der Waals surface area (Å²) in [6.45, 7) is 8.74. The summed E-state index contributed by atoms with van der Waals surface area (Å²) in [5.41, 5.74) is 6.46. The fraction of sp³-hybridized carbons (Fsp3) is 0.241. The van der Waals surface area contributed by atoms with E-state index in [-0.39, 0.29) is 22.8 Å². The van der Waals surface area contributed by atoms with Crippen molar-refractivity contribution in [2.45, 2.75) is 44.6 Å². The highest BCUT2D eigenvalue weighted by Crippen LogP contribution is 2.32. The Kier molecular flexibility index (Phi) is 6.60. The monoisotopic (exact) mass is 514 g/mol. The van der Waals surface area contributed by atoms with Gasteiger partial charge in [0.1, 0.15) is 6.10 Å². The van der Waals surface area contributed by atoms with Gasteiger partial charge in [-0.25, -0.2) is 18.1 Å². The van der Waals surface area contributed by atoms with E-state index in [1.54, 1.807) is 24.3 Å². The molecule has 2 N–H and O–H groups in total. The average Bonchev–Trinajstić information content (AvgIpc) is 2.86. The van der Waals surface area contributed by atoms with E-state index in [2.05, 4.69) is 58.1 Å². The van der Waals surface area contributed by atoms with Crippen molar-refractivity contribution >= 4 is 21.7 Å². The van der Waals surface area contributed by atoms with Crippen LogP contribution in [0.15, 0.2) is 77.7 Å².